The van der Waals surface area contributed by atoms with Crippen LogP contribution in [0.5, 0.6) is 0 Å². The molecule has 0 aliphatic heterocycles. The molecule has 2 aromatic rings. The van der Waals surface area contributed by atoms with E-state index in [1.807, 2.05) is 0 Å². The first-order valence-corrected chi connectivity index (χ1v) is 7.50. The maximum absolute atomic E-state index is 12.2. The minimum Gasteiger partial charge on any atom is -0.478 e. The van der Waals surface area contributed by atoms with Crippen molar-refractivity contribution in [3.05, 3.63) is 55.7 Å². The lowest BCUT2D eigenvalue weighted by Gasteiger charge is -2.11. The van der Waals surface area contributed by atoms with E-state index in [0.29, 0.717) is 8.95 Å². The Morgan fingerprint density at radius 2 is 1.95 bits per heavy atom. The van der Waals surface area contributed by atoms with Gasteiger partial charge < -0.3 is 10.4 Å². The van der Waals surface area contributed by atoms with E-state index in [4.69, 9.17) is 11.6 Å². The van der Waals surface area contributed by atoms with Gasteiger partial charge in [0.2, 0.25) is 0 Å². The number of carboxylic acid groups (broad SMARTS) is 1. The highest BCUT2D eigenvalue weighted by Crippen LogP contribution is 2.31. The summed E-state index contributed by atoms with van der Waals surface area (Å²) in [7, 11) is 0. The average molecular weight is 434 g/mol. The summed E-state index contributed by atoms with van der Waals surface area (Å²) in [6, 6.07) is 5.92. The van der Waals surface area contributed by atoms with Crippen LogP contribution in [-0.2, 0) is 0 Å². The third-order valence-electron chi connectivity index (χ3n) is 2.51. The summed E-state index contributed by atoms with van der Waals surface area (Å²) < 4.78 is 1.03. The second-order valence-corrected chi connectivity index (χ2v) is 6.09. The van der Waals surface area contributed by atoms with Crippen LogP contribution in [-0.4, -0.2) is 22.0 Å². The van der Waals surface area contributed by atoms with Gasteiger partial charge in [-0.05, 0) is 40.2 Å². The molecule has 0 saturated heterocycles. The summed E-state index contributed by atoms with van der Waals surface area (Å²) in [5.41, 5.74) is 0.412. The molecule has 1 heterocycles. The van der Waals surface area contributed by atoms with Gasteiger partial charge in [-0.1, -0.05) is 27.5 Å². The first-order chi connectivity index (χ1) is 9.88. The number of carbonyl (C=O) groups excluding carboxylic acids is 1. The van der Waals surface area contributed by atoms with Crippen molar-refractivity contribution in [3.63, 3.8) is 0 Å². The lowest BCUT2D eigenvalue weighted by atomic mass is 10.1. The molecule has 0 aliphatic rings. The van der Waals surface area contributed by atoms with Gasteiger partial charge in [-0.2, -0.15) is 0 Å². The lowest BCUT2D eigenvalue weighted by molar-refractivity contribution is 0.0698. The Morgan fingerprint density at radius 3 is 2.57 bits per heavy atom. The van der Waals surface area contributed by atoms with Gasteiger partial charge in [0.05, 0.1) is 11.3 Å². The van der Waals surface area contributed by atoms with E-state index in [-0.39, 0.29) is 22.0 Å². The Morgan fingerprint density at radius 1 is 1.24 bits per heavy atom. The van der Waals surface area contributed by atoms with E-state index in [1.54, 1.807) is 6.07 Å². The standard InChI is InChI=1S/C13H7Br2ClN2O3/c14-7-4-8(13(20)21)11(9(15)5-7)18-12(19)6-1-2-17-10(16)3-6/h1-5H,(H,18,19)(H,20,21). The van der Waals surface area contributed by atoms with Gasteiger partial charge in [0.25, 0.3) is 5.91 Å². The van der Waals surface area contributed by atoms with Crippen LogP contribution in [0.15, 0.2) is 39.4 Å². The summed E-state index contributed by atoms with van der Waals surface area (Å²) in [6.45, 7) is 0. The summed E-state index contributed by atoms with van der Waals surface area (Å²) in [4.78, 5) is 27.2. The van der Waals surface area contributed by atoms with Crippen LogP contribution in [0.3, 0.4) is 0 Å². The highest BCUT2D eigenvalue weighted by molar-refractivity contribution is 9.11. The molecule has 0 atom stereocenters. The van der Waals surface area contributed by atoms with Crippen molar-refractivity contribution in [2.45, 2.75) is 0 Å². The van der Waals surface area contributed by atoms with E-state index in [1.165, 1.54) is 24.4 Å². The number of pyridine rings is 1. The summed E-state index contributed by atoms with van der Waals surface area (Å²) in [6.07, 6.45) is 1.39. The summed E-state index contributed by atoms with van der Waals surface area (Å²) >= 11 is 12.2. The number of hydrogen-bond donors (Lipinski definition) is 2. The second-order valence-electron chi connectivity index (χ2n) is 3.94. The molecule has 2 rings (SSSR count). The molecule has 21 heavy (non-hydrogen) atoms. The highest BCUT2D eigenvalue weighted by atomic mass is 79.9. The van der Waals surface area contributed by atoms with Crippen molar-refractivity contribution in [2.75, 3.05) is 5.32 Å². The van der Waals surface area contributed by atoms with E-state index in [9.17, 15) is 14.7 Å². The number of rotatable bonds is 3. The zero-order chi connectivity index (χ0) is 15.6. The maximum atomic E-state index is 12.2. The quantitative estimate of drug-likeness (QED) is 0.710. The minimum atomic E-state index is -1.15. The van der Waals surface area contributed by atoms with Crippen LogP contribution in [0.25, 0.3) is 0 Å². The third-order valence-corrected chi connectivity index (χ3v) is 3.80. The lowest BCUT2D eigenvalue weighted by Crippen LogP contribution is -2.15. The Balaban J connectivity index is 2.39. The van der Waals surface area contributed by atoms with Gasteiger partial charge in [0, 0.05) is 20.7 Å². The van der Waals surface area contributed by atoms with Gasteiger partial charge in [0.15, 0.2) is 0 Å². The zero-order valence-electron chi connectivity index (χ0n) is 10.2. The monoisotopic (exact) mass is 432 g/mol. The van der Waals surface area contributed by atoms with Gasteiger partial charge in [0.1, 0.15) is 5.15 Å². The molecule has 0 aliphatic carbocycles. The van der Waals surface area contributed by atoms with Gasteiger partial charge in [-0.15, -0.1) is 0 Å². The molecule has 0 radical (unpaired) electrons. The smallest absolute Gasteiger partial charge is 0.337 e. The number of halogens is 3. The first-order valence-electron chi connectivity index (χ1n) is 5.53. The molecule has 0 bridgehead atoms. The van der Waals surface area contributed by atoms with Crippen molar-refractivity contribution < 1.29 is 14.7 Å². The van der Waals surface area contributed by atoms with Gasteiger partial charge in [-0.3, -0.25) is 4.79 Å². The summed E-state index contributed by atoms with van der Waals surface area (Å²) in [5, 5.41) is 12.0. The number of hydrogen-bond acceptors (Lipinski definition) is 3. The molecule has 8 heteroatoms. The van der Waals surface area contributed by atoms with Crippen molar-refractivity contribution >= 4 is 61.0 Å². The second kappa shape index (κ2) is 6.55. The summed E-state index contributed by atoms with van der Waals surface area (Å²) in [5.74, 6) is -1.63. The number of carboxylic acids is 1. The molecule has 0 spiro atoms. The van der Waals surface area contributed by atoms with Gasteiger partial charge in [-0.25, -0.2) is 9.78 Å². The largest absolute Gasteiger partial charge is 0.478 e. The minimum absolute atomic E-state index is 0.0373. The number of anilines is 1. The Hall–Kier alpha value is -1.44. The number of nitrogens with one attached hydrogen (secondary N) is 1. The fraction of sp³-hybridized carbons (Fsp3) is 0. The maximum Gasteiger partial charge on any atom is 0.337 e. The van der Waals surface area contributed by atoms with Crippen LogP contribution in [0.2, 0.25) is 5.15 Å². The molecule has 1 aromatic heterocycles. The average Bonchev–Trinajstić information content (AvgIpc) is 2.41. The first kappa shape index (κ1) is 15.9. The Labute approximate surface area is 141 Å². The molecule has 108 valence electrons. The Kier molecular flexibility index (Phi) is 4.97. The van der Waals surface area contributed by atoms with E-state index in [2.05, 4.69) is 42.2 Å². The molecule has 2 N–H and O–H groups in total. The Bertz CT molecular complexity index is 737. The van der Waals surface area contributed by atoms with Gasteiger partial charge >= 0.3 is 5.97 Å². The fourth-order valence-electron chi connectivity index (χ4n) is 1.60. The van der Waals surface area contributed by atoms with Crippen LogP contribution in [0.1, 0.15) is 20.7 Å². The number of amides is 1. The van der Waals surface area contributed by atoms with E-state index >= 15 is 0 Å². The molecule has 1 aromatic carbocycles. The van der Waals surface area contributed by atoms with Crippen molar-refractivity contribution in [1.82, 2.24) is 4.98 Å². The number of nitrogens with zero attached hydrogens (tertiary/aromatic N) is 1. The predicted octanol–water partition coefficient (Wildman–Crippen LogP) is 4.21. The third kappa shape index (κ3) is 3.81. The molecule has 1 amide bonds. The predicted molar refractivity (Wildman–Crippen MR) is 86.0 cm³/mol. The number of aromatic carboxylic acids is 1. The van der Waals surface area contributed by atoms with Crippen molar-refractivity contribution in [2.24, 2.45) is 0 Å². The van der Waals surface area contributed by atoms with Crippen LogP contribution >= 0.6 is 43.5 Å². The zero-order valence-corrected chi connectivity index (χ0v) is 14.2. The van der Waals surface area contributed by atoms with Crippen LogP contribution in [0.4, 0.5) is 5.69 Å². The van der Waals surface area contributed by atoms with Crippen LogP contribution < -0.4 is 5.32 Å². The molecule has 0 saturated carbocycles. The molecule has 5 nitrogen and oxygen atoms in total. The molecule has 0 fully saturated rings. The van der Waals surface area contributed by atoms with Crippen molar-refractivity contribution in [3.8, 4) is 0 Å². The van der Waals surface area contributed by atoms with Crippen molar-refractivity contribution in [1.29, 1.82) is 0 Å². The number of carbonyl (C=O) groups is 2. The molecule has 0 unspecified atom stereocenters. The fourth-order valence-corrected chi connectivity index (χ4v) is 3.10. The van der Waals surface area contributed by atoms with E-state index in [0.717, 1.165) is 0 Å². The highest BCUT2D eigenvalue weighted by Gasteiger charge is 2.17. The SMILES string of the molecule is O=C(Nc1c(Br)cc(Br)cc1C(=O)O)c1ccnc(Cl)c1. The number of benzene rings is 1. The molecular formula is C13H7Br2ClN2O3. The van der Waals surface area contributed by atoms with Crippen LogP contribution in [0, 0.1) is 0 Å². The normalized spacial score (nSPS) is 10.2. The number of aromatic nitrogens is 1. The van der Waals surface area contributed by atoms with E-state index < -0.39 is 11.9 Å². The molecular weight excluding hydrogens is 427 g/mol. The topological polar surface area (TPSA) is 79.3 Å².